The Morgan fingerprint density at radius 3 is 2.56 bits per heavy atom. The monoisotopic (exact) mass is 463 g/mol. The highest BCUT2D eigenvalue weighted by atomic mass is 35.5. The van der Waals surface area contributed by atoms with Crippen LogP contribution in [-0.4, -0.2) is 22.3 Å². The first-order chi connectivity index (χ1) is 15.4. The third kappa shape index (κ3) is 5.86. The van der Waals surface area contributed by atoms with Gasteiger partial charge in [-0.3, -0.25) is 19.9 Å². The van der Waals surface area contributed by atoms with Crippen LogP contribution in [0.5, 0.6) is 0 Å². The molecule has 168 valence electrons. The number of H-pyrrole nitrogens is 1. The van der Waals surface area contributed by atoms with E-state index >= 15 is 0 Å². The van der Waals surface area contributed by atoms with Gasteiger partial charge in [-0.1, -0.05) is 41.9 Å². The van der Waals surface area contributed by atoms with Gasteiger partial charge in [0.05, 0.1) is 5.69 Å². The first-order valence-corrected chi connectivity index (χ1v) is 10.1. The fourth-order valence-electron chi connectivity index (χ4n) is 3.11. The van der Waals surface area contributed by atoms with Crippen LogP contribution in [0.4, 0.5) is 14.6 Å². The van der Waals surface area contributed by atoms with Crippen LogP contribution in [0.25, 0.3) is 0 Å². The number of aromatic amines is 1. The summed E-state index contributed by atoms with van der Waals surface area (Å²) in [6, 6.07) is 10.4. The Balaban J connectivity index is 1.81. The van der Waals surface area contributed by atoms with Crippen LogP contribution in [0.1, 0.15) is 22.9 Å². The van der Waals surface area contributed by atoms with Gasteiger partial charge in [0.1, 0.15) is 11.3 Å². The highest BCUT2D eigenvalue weighted by molar-refractivity contribution is 6.29. The normalized spacial score (nSPS) is 11.9. The van der Waals surface area contributed by atoms with Crippen molar-refractivity contribution in [3.63, 3.8) is 0 Å². The molecule has 1 unspecified atom stereocenters. The number of nitrogens with one attached hydrogen (secondary N) is 3. The van der Waals surface area contributed by atoms with E-state index in [1.165, 1.54) is 23.0 Å². The number of carbonyl (C=O) groups excluding carboxylic acids is 1. The van der Waals surface area contributed by atoms with Crippen LogP contribution in [0, 0.1) is 0 Å². The lowest BCUT2D eigenvalue weighted by molar-refractivity contribution is -0.671. The third-order valence-corrected chi connectivity index (χ3v) is 4.88. The zero-order chi connectivity index (χ0) is 23.1. The van der Waals surface area contributed by atoms with Gasteiger partial charge in [-0.05, 0) is 23.3 Å². The SMILES string of the molecule is NCc1ccccc1CNC(=O)C[n+]1cc(Cl)[nH]c(=O)c1NC(c1ccccn1)C(F)F. The Bertz CT molecular complexity index is 1130. The van der Waals surface area contributed by atoms with Gasteiger partial charge < -0.3 is 16.0 Å². The molecule has 0 saturated heterocycles. The molecule has 0 aliphatic carbocycles. The molecule has 8 nitrogen and oxygen atoms in total. The van der Waals surface area contributed by atoms with E-state index in [0.717, 1.165) is 11.1 Å². The number of nitrogens with two attached hydrogens (primary N) is 1. The molecule has 1 amide bonds. The highest BCUT2D eigenvalue weighted by Crippen LogP contribution is 2.21. The quantitative estimate of drug-likeness (QED) is 0.362. The molecular weight excluding hydrogens is 442 g/mol. The number of alkyl halides is 2. The Morgan fingerprint density at radius 1 is 1.19 bits per heavy atom. The van der Waals surface area contributed by atoms with Gasteiger partial charge in [0.2, 0.25) is 0 Å². The van der Waals surface area contributed by atoms with Crippen LogP contribution in [0.2, 0.25) is 5.15 Å². The Morgan fingerprint density at radius 2 is 1.91 bits per heavy atom. The van der Waals surface area contributed by atoms with Crippen LogP contribution in [0.3, 0.4) is 0 Å². The molecular formula is C21H22ClF2N6O2+. The van der Waals surface area contributed by atoms with Crippen molar-refractivity contribution in [1.82, 2.24) is 15.3 Å². The van der Waals surface area contributed by atoms with Gasteiger partial charge in [0, 0.05) is 19.3 Å². The minimum atomic E-state index is -2.87. The smallest absolute Gasteiger partial charge is 0.342 e. The second-order valence-corrected chi connectivity index (χ2v) is 7.28. The molecule has 32 heavy (non-hydrogen) atoms. The fraction of sp³-hybridized carbons (Fsp3) is 0.238. The average molecular weight is 464 g/mol. The van der Waals surface area contributed by atoms with Crippen molar-refractivity contribution in [2.75, 3.05) is 5.32 Å². The first-order valence-electron chi connectivity index (χ1n) is 9.70. The number of anilines is 1. The first kappa shape index (κ1) is 23.3. The standard InChI is InChI=1S/C21H21ClF2N6O2/c22-16-11-30(12-17(31)27-10-14-6-2-1-5-13(14)9-25)20(21(32)28-16)29-18(19(23)24)15-7-3-4-8-26-15/h1-8,11,18-19H,9-10,12,25H2,(H2,27,28,31,32)/p+1. The summed E-state index contributed by atoms with van der Waals surface area (Å²) in [6.07, 6.45) is -0.214. The molecule has 1 atom stereocenters. The van der Waals surface area contributed by atoms with Gasteiger partial charge >= 0.3 is 11.4 Å². The third-order valence-electron chi connectivity index (χ3n) is 4.68. The predicted octanol–water partition coefficient (Wildman–Crippen LogP) is 1.90. The molecule has 0 aliphatic rings. The second-order valence-electron chi connectivity index (χ2n) is 6.87. The van der Waals surface area contributed by atoms with Crippen molar-refractivity contribution in [3.05, 3.63) is 87.2 Å². The van der Waals surface area contributed by atoms with Crippen LogP contribution >= 0.6 is 11.6 Å². The summed E-state index contributed by atoms with van der Waals surface area (Å²) < 4.78 is 28.6. The van der Waals surface area contributed by atoms with Gasteiger partial charge in [0.15, 0.2) is 12.6 Å². The fourth-order valence-corrected chi connectivity index (χ4v) is 3.32. The van der Waals surface area contributed by atoms with Crippen molar-refractivity contribution in [2.24, 2.45) is 5.73 Å². The number of benzene rings is 1. The summed E-state index contributed by atoms with van der Waals surface area (Å²) in [6.45, 7) is 0.218. The number of carbonyl (C=O) groups is 1. The molecule has 2 aromatic heterocycles. The zero-order valence-corrected chi connectivity index (χ0v) is 17.7. The molecule has 11 heteroatoms. The number of rotatable bonds is 9. The van der Waals surface area contributed by atoms with Gasteiger partial charge in [-0.2, -0.15) is 0 Å². The summed E-state index contributed by atoms with van der Waals surface area (Å²) >= 11 is 5.92. The average Bonchev–Trinajstić information content (AvgIpc) is 2.77. The highest BCUT2D eigenvalue weighted by Gasteiger charge is 2.31. The molecule has 5 N–H and O–H groups in total. The van der Waals surface area contributed by atoms with Gasteiger partial charge in [-0.25, -0.2) is 13.3 Å². The number of amides is 1. The molecule has 3 aromatic rings. The largest absolute Gasteiger partial charge is 0.349 e. The predicted molar refractivity (Wildman–Crippen MR) is 115 cm³/mol. The molecule has 2 heterocycles. The summed E-state index contributed by atoms with van der Waals surface area (Å²) in [7, 11) is 0. The molecule has 0 spiro atoms. The number of aromatic nitrogens is 3. The van der Waals surface area contributed by atoms with Gasteiger partial charge in [0.25, 0.3) is 12.3 Å². The number of pyridine rings is 1. The Hall–Kier alpha value is -3.37. The number of hydrogen-bond donors (Lipinski definition) is 4. The molecule has 3 rings (SSSR count). The lowest BCUT2D eigenvalue weighted by Gasteiger charge is -2.15. The van der Waals surface area contributed by atoms with E-state index in [1.807, 2.05) is 24.3 Å². The van der Waals surface area contributed by atoms with Crippen LogP contribution in [-0.2, 0) is 24.4 Å². The van der Waals surface area contributed by atoms with Crippen molar-refractivity contribution >= 4 is 23.3 Å². The maximum atomic E-state index is 13.7. The van der Waals surface area contributed by atoms with E-state index in [-0.39, 0.29) is 29.8 Å². The minimum Gasteiger partial charge on any atom is -0.349 e. The van der Waals surface area contributed by atoms with Gasteiger partial charge in [-0.15, -0.1) is 0 Å². The molecule has 0 aliphatic heterocycles. The summed E-state index contributed by atoms with van der Waals surface area (Å²) in [5.74, 6) is -0.694. The minimum absolute atomic E-state index is 0.0474. The molecule has 0 saturated carbocycles. The lowest BCUT2D eigenvalue weighted by atomic mass is 10.1. The van der Waals surface area contributed by atoms with E-state index in [1.54, 1.807) is 12.1 Å². The van der Waals surface area contributed by atoms with Crippen molar-refractivity contribution < 1.29 is 18.1 Å². The lowest BCUT2D eigenvalue weighted by Crippen LogP contribution is -2.49. The summed E-state index contributed by atoms with van der Waals surface area (Å²) in [4.78, 5) is 31.3. The molecule has 0 bridgehead atoms. The maximum Gasteiger partial charge on any atom is 0.342 e. The van der Waals surface area contributed by atoms with Crippen molar-refractivity contribution in [2.45, 2.75) is 32.1 Å². The van der Waals surface area contributed by atoms with Crippen LogP contribution in [0.15, 0.2) is 59.7 Å². The Labute approximate surface area is 187 Å². The van der Waals surface area contributed by atoms with E-state index in [0.29, 0.717) is 6.54 Å². The van der Waals surface area contributed by atoms with Crippen molar-refractivity contribution in [3.8, 4) is 0 Å². The van der Waals surface area contributed by atoms with E-state index in [2.05, 4.69) is 20.6 Å². The molecule has 0 radical (unpaired) electrons. The van der Waals surface area contributed by atoms with E-state index < -0.39 is 23.9 Å². The van der Waals surface area contributed by atoms with Crippen LogP contribution < -0.4 is 26.5 Å². The number of nitrogens with zero attached hydrogens (tertiary/aromatic N) is 2. The molecule has 0 fully saturated rings. The summed E-state index contributed by atoms with van der Waals surface area (Å²) in [5.41, 5.74) is 6.74. The summed E-state index contributed by atoms with van der Waals surface area (Å²) in [5, 5.41) is 5.20. The number of halogens is 3. The number of hydrogen-bond acceptors (Lipinski definition) is 5. The van der Waals surface area contributed by atoms with E-state index in [9.17, 15) is 18.4 Å². The second kappa shape index (κ2) is 10.8. The Kier molecular flexibility index (Phi) is 7.85. The molecule has 1 aromatic carbocycles. The van der Waals surface area contributed by atoms with Crippen molar-refractivity contribution in [1.29, 1.82) is 0 Å². The zero-order valence-electron chi connectivity index (χ0n) is 16.9. The van der Waals surface area contributed by atoms with E-state index in [4.69, 9.17) is 17.3 Å². The topological polar surface area (TPSA) is 117 Å². The maximum absolute atomic E-state index is 13.7.